The molecule has 1 amide bonds. The van der Waals surface area contributed by atoms with E-state index >= 15 is 0 Å². The molecule has 3 aliphatic rings. The fraction of sp³-hybridized carbons (Fsp3) is 0.417. The van der Waals surface area contributed by atoms with Gasteiger partial charge >= 0.3 is 0 Å². The molecule has 0 aromatic heterocycles. The maximum atomic E-state index is 13.2. The van der Waals surface area contributed by atoms with Gasteiger partial charge < -0.3 is 20.1 Å². The second-order valence-electron chi connectivity index (χ2n) is 9.50. The lowest BCUT2D eigenvalue weighted by molar-refractivity contribution is -0.118. The number of carbonyl (C=O) groups is 1. The van der Waals surface area contributed by atoms with E-state index in [1.807, 2.05) is 36.4 Å². The molecule has 30 heavy (non-hydrogen) atoms. The van der Waals surface area contributed by atoms with Crippen LogP contribution in [0.3, 0.4) is 0 Å². The molecule has 2 aromatic rings. The zero-order chi connectivity index (χ0) is 21.1. The Labute approximate surface area is 176 Å². The van der Waals surface area contributed by atoms with Crippen LogP contribution in [0.1, 0.15) is 50.7 Å². The lowest BCUT2D eigenvalue weighted by Crippen LogP contribution is -2.34. The third-order valence-electron chi connectivity index (χ3n) is 6.47. The highest BCUT2D eigenvalue weighted by molar-refractivity contribution is 6.01. The number of rotatable bonds is 3. The highest BCUT2D eigenvalue weighted by Gasteiger charge is 2.52. The van der Waals surface area contributed by atoms with E-state index in [0.29, 0.717) is 5.75 Å². The minimum atomic E-state index is -0.527. The molecule has 2 heterocycles. The van der Waals surface area contributed by atoms with Crippen molar-refractivity contribution in [2.75, 3.05) is 17.4 Å². The predicted molar refractivity (Wildman–Crippen MR) is 114 cm³/mol. The number of fused-ring (bicyclic) bond motifs is 2. The van der Waals surface area contributed by atoms with Gasteiger partial charge in [0.05, 0.1) is 23.4 Å². The van der Waals surface area contributed by atoms with Crippen molar-refractivity contribution in [2.24, 2.45) is 5.41 Å². The van der Waals surface area contributed by atoms with Crippen molar-refractivity contribution < 1.29 is 14.3 Å². The molecular formula is C24H25N3O3. The molecule has 0 radical (unpaired) electrons. The second kappa shape index (κ2) is 6.40. The number of hydrogen-bond acceptors (Lipinski definition) is 5. The number of anilines is 2. The minimum absolute atomic E-state index is 0.0202. The lowest BCUT2D eigenvalue weighted by atomic mass is 9.79. The van der Waals surface area contributed by atoms with E-state index in [1.165, 1.54) is 0 Å². The smallest absolute Gasteiger partial charge is 0.235 e. The molecule has 2 unspecified atom stereocenters. The van der Waals surface area contributed by atoms with Gasteiger partial charge in [0.1, 0.15) is 0 Å². The average molecular weight is 403 g/mol. The second-order valence-corrected chi connectivity index (χ2v) is 9.50. The van der Waals surface area contributed by atoms with Crippen LogP contribution >= 0.6 is 0 Å². The number of nitriles is 1. The van der Waals surface area contributed by atoms with Crippen molar-refractivity contribution in [3.63, 3.8) is 0 Å². The van der Waals surface area contributed by atoms with Crippen molar-refractivity contribution in [1.82, 2.24) is 0 Å². The first kappa shape index (κ1) is 18.8. The first-order valence-corrected chi connectivity index (χ1v) is 10.3. The fourth-order valence-corrected chi connectivity index (χ4v) is 4.54. The molecular weight excluding hydrogens is 378 g/mol. The summed E-state index contributed by atoms with van der Waals surface area (Å²) in [6.07, 6.45) is 1.61. The number of carbonyl (C=O) groups excluding carboxylic acids is 1. The molecule has 0 spiro atoms. The molecule has 1 fully saturated rings. The van der Waals surface area contributed by atoms with E-state index in [4.69, 9.17) is 9.47 Å². The number of nitrogens with zero attached hydrogens (tertiary/aromatic N) is 1. The van der Waals surface area contributed by atoms with Crippen molar-refractivity contribution in [3.05, 3.63) is 47.5 Å². The van der Waals surface area contributed by atoms with Crippen LogP contribution in [0.5, 0.6) is 11.5 Å². The summed E-state index contributed by atoms with van der Waals surface area (Å²) < 4.78 is 10.9. The van der Waals surface area contributed by atoms with Gasteiger partial charge in [-0.1, -0.05) is 26.8 Å². The van der Waals surface area contributed by atoms with Crippen molar-refractivity contribution in [2.45, 2.75) is 51.0 Å². The first-order valence-electron chi connectivity index (χ1n) is 10.3. The Morgan fingerprint density at radius 3 is 2.63 bits per heavy atom. The summed E-state index contributed by atoms with van der Waals surface area (Å²) in [5, 5.41) is 16.4. The summed E-state index contributed by atoms with van der Waals surface area (Å²) >= 11 is 0. The zero-order valence-corrected chi connectivity index (χ0v) is 17.4. The van der Waals surface area contributed by atoms with E-state index in [0.717, 1.165) is 41.1 Å². The van der Waals surface area contributed by atoms with Crippen molar-refractivity contribution >= 4 is 17.3 Å². The van der Waals surface area contributed by atoms with Crippen LogP contribution in [-0.4, -0.2) is 18.7 Å². The van der Waals surface area contributed by atoms with Crippen LogP contribution in [0.15, 0.2) is 36.4 Å². The summed E-state index contributed by atoms with van der Waals surface area (Å²) in [7, 11) is 0. The summed E-state index contributed by atoms with van der Waals surface area (Å²) in [5.74, 6) is 1.14. The normalized spacial score (nSPS) is 22.6. The third kappa shape index (κ3) is 2.88. The molecule has 1 saturated carbocycles. The quantitative estimate of drug-likeness (QED) is 0.787. The van der Waals surface area contributed by atoms with Crippen LogP contribution in [0.2, 0.25) is 0 Å². The number of amides is 1. The van der Waals surface area contributed by atoms with Gasteiger partial charge in [0.25, 0.3) is 0 Å². The Kier molecular flexibility index (Phi) is 4.01. The molecule has 2 aliphatic heterocycles. The van der Waals surface area contributed by atoms with Gasteiger partial charge in [-0.3, -0.25) is 4.79 Å². The number of hydrogen-bond donors (Lipinski definition) is 2. The topological polar surface area (TPSA) is 83.4 Å². The standard InChI is InChI=1S/C24H25N3O3/c1-23(2,3)21-17(12-25)16-11-15(5-6-18(16)27-21)26-22(28)24(8-9-24)14-4-7-19-20(10-14)30-13-29-19/h4-7,10-11,17,21,27H,8-9,13H2,1-3H3,(H,26,28). The molecule has 0 bridgehead atoms. The number of ether oxygens (including phenoxy) is 2. The Balaban J connectivity index is 1.39. The van der Waals surface area contributed by atoms with Gasteiger partial charge in [-0.2, -0.15) is 5.26 Å². The van der Waals surface area contributed by atoms with E-state index in [-0.39, 0.29) is 30.1 Å². The van der Waals surface area contributed by atoms with E-state index in [1.54, 1.807) is 0 Å². The maximum absolute atomic E-state index is 13.2. The van der Waals surface area contributed by atoms with Crippen LogP contribution in [0.4, 0.5) is 11.4 Å². The highest BCUT2D eigenvalue weighted by Crippen LogP contribution is 2.51. The number of nitrogens with one attached hydrogen (secondary N) is 2. The Bertz CT molecular complexity index is 1080. The van der Waals surface area contributed by atoms with Crippen LogP contribution < -0.4 is 20.1 Å². The molecule has 1 aliphatic carbocycles. The molecule has 5 rings (SSSR count). The molecule has 6 heteroatoms. The molecule has 154 valence electrons. The molecule has 6 nitrogen and oxygen atoms in total. The van der Waals surface area contributed by atoms with Gasteiger partial charge in [-0.15, -0.1) is 0 Å². The van der Waals surface area contributed by atoms with Gasteiger partial charge in [0, 0.05) is 11.4 Å². The summed E-state index contributed by atoms with van der Waals surface area (Å²) in [5.41, 5.74) is 3.01. The Morgan fingerprint density at radius 1 is 1.17 bits per heavy atom. The van der Waals surface area contributed by atoms with Crippen LogP contribution in [0.25, 0.3) is 0 Å². The van der Waals surface area contributed by atoms with E-state index in [2.05, 4.69) is 37.5 Å². The number of benzene rings is 2. The Morgan fingerprint density at radius 2 is 1.93 bits per heavy atom. The minimum Gasteiger partial charge on any atom is -0.454 e. The van der Waals surface area contributed by atoms with Gasteiger partial charge in [0.2, 0.25) is 12.7 Å². The molecule has 2 aromatic carbocycles. The van der Waals surface area contributed by atoms with E-state index in [9.17, 15) is 10.1 Å². The maximum Gasteiger partial charge on any atom is 0.235 e. The van der Waals surface area contributed by atoms with Gasteiger partial charge in [-0.05, 0) is 59.7 Å². The van der Waals surface area contributed by atoms with E-state index < -0.39 is 5.41 Å². The van der Waals surface area contributed by atoms with Crippen LogP contribution in [-0.2, 0) is 10.2 Å². The van der Waals surface area contributed by atoms with Gasteiger partial charge in [0.15, 0.2) is 11.5 Å². The zero-order valence-electron chi connectivity index (χ0n) is 17.4. The molecule has 0 saturated heterocycles. The SMILES string of the molecule is CC(C)(C)C1Nc2ccc(NC(=O)C3(c4ccc5c(c4)OCO5)CC3)cc2C1C#N. The lowest BCUT2D eigenvalue weighted by Gasteiger charge is -2.29. The average Bonchev–Trinajstić information content (AvgIpc) is 3.24. The monoisotopic (exact) mass is 403 g/mol. The molecule has 2 N–H and O–H groups in total. The summed E-state index contributed by atoms with van der Waals surface area (Å²) in [6, 6.07) is 14.0. The summed E-state index contributed by atoms with van der Waals surface area (Å²) in [4.78, 5) is 13.2. The largest absolute Gasteiger partial charge is 0.454 e. The summed E-state index contributed by atoms with van der Waals surface area (Å²) in [6.45, 7) is 6.61. The Hall–Kier alpha value is -3.20. The highest BCUT2D eigenvalue weighted by atomic mass is 16.7. The first-order chi connectivity index (χ1) is 14.3. The van der Waals surface area contributed by atoms with Gasteiger partial charge in [-0.25, -0.2) is 0 Å². The third-order valence-corrected chi connectivity index (χ3v) is 6.47. The molecule has 2 atom stereocenters. The van der Waals surface area contributed by atoms with Crippen molar-refractivity contribution in [1.29, 1.82) is 5.26 Å². The van der Waals surface area contributed by atoms with Crippen molar-refractivity contribution in [3.8, 4) is 17.6 Å². The predicted octanol–water partition coefficient (Wildman–Crippen LogP) is 4.53. The fourth-order valence-electron chi connectivity index (χ4n) is 4.54. The van der Waals surface area contributed by atoms with Crippen LogP contribution in [0, 0.1) is 16.7 Å².